The van der Waals surface area contributed by atoms with E-state index < -0.39 is 6.10 Å². The van der Waals surface area contributed by atoms with Gasteiger partial charge in [-0.1, -0.05) is 18.2 Å². The Labute approximate surface area is 135 Å². The molecular formula is C17H22N2O2S. The van der Waals surface area contributed by atoms with Crippen LogP contribution in [0.15, 0.2) is 47.8 Å². The second kappa shape index (κ2) is 7.63. The van der Waals surface area contributed by atoms with Crippen LogP contribution in [-0.4, -0.2) is 55.4 Å². The van der Waals surface area contributed by atoms with Gasteiger partial charge in [-0.05, 0) is 29.6 Å². The van der Waals surface area contributed by atoms with Crippen molar-refractivity contribution in [1.82, 2.24) is 4.90 Å². The van der Waals surface area contributed by atoms with E-state index in [1.165, 1.54) is 5.00 Å². The van der Waals surface area contributed by atoms with E-state index in [-0.39, 0.29) is 0 Å². The number of hydrogen-bond acceptors (Lipinski definition) is 5. The third kappa shape index (κ3) is 4.22. The van der Waals surface area contributed by atoms with E-state index in [0.29, 0.717) is 13.2 Å². The number of anilines is 1. The second-order valence-electron chi connectivity index (χ2n) is 5.52. The third-order valence-electron chi connectivity index (χ3n) is 3.84. The summed E-state index contributed by atoms with van der Waals surface area (Å²) in [4.78, 5) is 4.72. The number of aliphatic hydroxyl groups is 1. The van der Waals surface area contributed by atoms with E-state index in [9.17, 15) is 5.11 Å². The molecule has 1 saturated heterocycles. The Hall–Kier alpha value is -1.56. The number of hydrogen-bond donors (Lipinski definition) is 1. The van der Waals surface area contributed by atoms with Gasteiger partial charge in [-0.2, -0.15) is 0 Å². The highest BCUT2D eigenvalue weighted by atomic mass is 32.1. The lowest BCUT2D eigenvalue weighted by Crippen LogP contribution is -2.49. The van der Waals surface area contributed by atoms with Gasteiger partial charge in [0.2, 0.25) is 0 Å². The molecule has 118 valence electrons. The summed E-state index contributed by atoms with van der Waals surface area (Å²) < 4.78 is 5.60. The van der Waals surface area contributed by atoms with Crippen molar-refractivity contribution in [3.05, 3.63) is 47.8 Å². The van der Waals surface area contributed by atoms with E-state index in [1.54, 1.807) is 11.3 Å². The summed E-state index contributed by atoms with van der Waals surface area (Å²) in [5.41, 5.74) is 0. The molecule has 5 heteroatoms. The van der Waals surface area contributed by atoms with Gasteiger partial charge in [0.15, 0.2) is 0 Å². The summed E-state index contributed by atoms with van der Waals surface area (Å²) in [7, 11) is 0. The van der Waals surface area contributed by atoms with E-state index in [2.05, 4.69) is 27.3 Å². The Morgan fingerprint density at radius 3 is 2.50 bits per heavy atom. The predicted molar refractivity (Wildman–Crippen MR) is 90.9 cm³/mol. The fourth-order valence-corrected chi connectivity index (χ4v) is 3.45. The van der Waals surface area contributed by atoms with E-state index >= 15 is 0 Å². The van der Waals surface area contributed by atoms with Gasteiger partial charge in [0.1, 0.15) is 18.5 Å². The first kappa shape index (κ1) is 15.3. The summed E-state index contributed by atoms with van der Waals surface area (Å²) >= 11 is 1.79. The average Bonchev–Trinajstić information content (AvgIpc) is 3.09. The van der Waals surface area contributed by atoms with Crippen LogP contribution in [0.1, 0.15) is 0 Å². The van der Waals surface area contributed by atoms with Crippen LogP contribution >= 0.6 is 11.3 Å². The van der Waals surface area contributed by atoms with Crippen LogP contribution in [0.25, 0.3) is 0 Å². The number of nitrogens with zero attached hydrogens (tertiary/aromatic N) is 2. The lowest BCUT2D eigenvalue weighted by molar-refractivity contribution is 0.0663. The standard InChI is InChI=1S/C17H22N2O2S/c20-15(14-21-16-5-2-1-3-6-16)13-18-8-10-19(11-9-18)17-7-4-12-22-17/h1-7,12,15,20H,8-11,13-14H2. The molecule has 0 saturated carbocycles. The van der Waals surface area contributed by atoms with Crippen LogP contribution in [0.4, 0.5) is 5.00 Å². The van der Waals surface area contributed by atoms with Crippen LogP contribution in [0.3, 0.4) is 0 Å². The SMILES string of the molecule is OC(COc1ccccc1)CN1CCN(c2cccs2)CC1. The molecule has 1 aliphatic rings. The molecule has 1 aliphatic heterocycles. The Bertz CT molecular complexity index is 539. The molecule has 2 heterocycles. The summed E-state index contributed by atoms with van der Waals surface area (Å²) in [6.45, 7) is 5.03. The van der Waals surface area contributed by atoms with Crippen molar-refractivity contribution in [3.8, 4) is 5.75 Å². The Kier molecular flexibility index (Phi) is 5.32. The van der Waals surface area contributed by atoms with Gasteiger partial charge >= 0.3 is 0 Å². The number of rotatable bonds is 6. The zero-order chi connectivity index (χ0) is 15.2. The van der Waals surface area contributed by atoms with Crippen LogP contribution in [0, 0.1) is 0 Å². The molecule has 1 unspecified atom stereocenters. The zero-order valence-electron chi connectivity index (χ0n) is 12.6. The Morgan fingerprint density at radius 2 is 1.82 bits per heavy atom. The molecule has 1 aromatic heterocycles. The smallest absolute Gasteiger partial charge is 0.119 e. The quantitative estimate of drug-likeness (QED) is 0.887. The predicted octanol–water partition coefficient (Wildman–Crippen LogP) is 2.31. The van der Waals surface area contributed by atoms with Gasteiger partial charge < -0.3 is 14.7 Å². The minimum Gasteiger partial charge on any atom is -0.491 e. The minimum absolute atomic E-state index is 0.342. The van der Waals surface area contributed by atoms with Gasteiger partial charge in [0, 0.05) is 32.7 Å². The number of ether oxygens (including phenoxy) is 1. The van der Waals surface area contributed by atoms with Crippen LogP contribution in [-0.2, 0) is 0 Å². The van der Waals surface area contributed by atoms with Crippen LogP contribution in [0.5, 0.6) is 5.75 Å². The first-order chi connectivity index (χ1) is 10.8. The number of piperazine rings is 1. The van der Waals surface area contributed by atoms with Crippen molar-refractivity contribution in [2.75, 3.05) is 44.2 Å². The highest BCUT2D eigenvalue weighted by molar-refractivity contribution is 7.14. The molecule has 1 N–H and O–H groups in total. The van der Waals surface area contributed by atoms with Gasteiger partial charge in [-0.25, -0.2) is 0 Å². The maximum atomic E-state index is 10.1. The van der Waals surface area contributed by atoms with E-state index in [4.69, 9.17) is 4.74 Å². The number of β-amino-alcohol motifs (C(OH)–C–C–N with tert-alkyl or cyclic N) is 1. The summed E-state index contributed by atoms with van der Waals surface area (Å²) in [6, 6.07) is 13.9. The number of thiophene rings is 1. The van der Waals surface area contributed by atoms with Crippen molar-refractivity contribution in [2.45, 2.75) is 6.10 Å². The lowest BCUT2D eigenvalue weighted by atomic mass is 10.2. The van der Waals surface area contributed by atoms with Crippen LogP contribution < -0.4 is 9.64 Å². The van der Waals surface area contributed by atoms with Crippen molar-refractivity contribution < 1.29 is 9.84 Å². The molecule has 1 atom stereocenters. The lowest BCUT2D eigenvalue weighted by Gasteiger charge is -2.36. The van der Waals surface area contributed by atoms with E-state index in [1.807, 2.05) is 30.3 Å². The molecule has 0 amide bonds. The molecule has 2 aromatic rings. The van der Waals surface area contributed by atoms with Gasteiger partial charge in [-0.15, -0.1) is 11.3 Å². The molecule has 0 radical (unpaired) electrons. The number of para-hydroxylation sites is 1. The second-order valence-corrected chi connectivity index (χ2v) is 6.44. The molecule has 0 bridgehead atoms. The van der Waals surface area contributed by atoms with Crippen molar-refractivity contribution >= 4 is 16.3 Å². The topological polar surface area (TPSA) is 35.9 Å². The molecule has 1 aromatic carbocycles. The average molecular weight is 318 g/mol. The van der Waals surface area contributed by atoms with E-state index in [0.717, 1.165) is 31.9 Å². The molecule has 4 nitrogen and oxygen atoms in total. The normalized spacial score (nSPS) is 17.4. The molecule has 0 aliphatic carbocycles. The van der Waals surface area contributed by atoms with Gasteiger partial charge in [0.25, 0.3) is 0 Å². The Morgan fingerprint density at radius 1 is 1.05 bits per heavy atom. The van der Waals surface area contributed by atoms with Crippen LogP contribution in [0.2, 0.25) is 0 Å². The van der Waals surface area contributed by atoms with Gasteiger partial charge in [-0.3, -0.25) is 4.90 Å². The summed E-state index contributed by atoms with van der Waals surface area (Å²) in [5.74, 6) is 0.809. The molecule has 1 fully saturated rings. The van der Waals surface area contributed by atoms with Gasteiger partial charge in [0.05, 0.1) is 5.00 Å². The molecule has 22 heavy (non-hydrogen) atoms. The minimum atomic E-state index is -0.450. The number of benzene rings is 1. The third-order valence-corrected chi connectivity index (χ3v) is 4.77. The number of aliphatic hydroxyl groups excluding tert-OH is 1. The maximum Gasteiger partial charge on any atom is 0.119 e. The molecule has 3 rings (SSSR count). The Balaban J connectivity index is 1.39. The first-order valence-electron chi connectivity index (χ1n) is 7.68. The first-order valence-corrected chi connectivity index (χ1v) is 8.56. The monoisotopic (exact) mass is 318 g/mol. The molecular weight excluding hydrogens is 296 g/mol. The van der Waals surface area contributed by atoms with Crippen molar-refractivity contribution in [2.24, 2.45) is 0 Å². The van der Waals surface area contributed by atoms with Crippen molar-refractivity contribution in [1.29, 1.82) is 0 Å². The highest BCUT2D eigenvalue weighted by Gasteiger charge is 2.20. The summed E-state index contributed by atoms with van der Waals surface area (Å²) in [5, 5.41) is 13.6. The fourth-order valence-electron chi connectivity index (χ4n) is 2.66. The van der Waals surface area contributed by atoms with Crippen molar-refractivity contribution in [3.63, 3.8) is 0 Å². The highest BCUT2D eigenvalue weighted by Crippen LogP contribution is 2.22. The zero-order valence-corrected chi connectivity index (χ0v) is 13.4. The summed E-state index contributed by atoms with van der Waals surface area (Å²) in [6.07, 6.45) is -0.450. The molecule has 0 spiro atoms. The largest absolute Gasteiger partial charge is 0.491 e. The maximum absolute atomic E-state index is 10.1. The fraction of sp³-hybridized carbons (Fsp3) is 0.412.